The zero-order chi connectivity index (χ0) is 20.4. The van der Waals surface area contributed by atoms with Gasteiger partial charge in [0.15, 0.2) is 15.5 Å². The zero-order valence-corrected chi connectivity index (χ0v) is 17.8. The Kier molecular flexibility index (Phi) is 5.74. The molecule has 9 heteroatoms. The molecule has 2 aromatic heterocycles. The average Bonchev–Trinajstić information content (AvgIpc) is 3.15. The molecule has 2 heterocycles. The van der Waals surface area contributed by atoms with Crippen LogP contribution in [0.4, 0.5) is 5.95 Å². The summed E-state index contributed by atoms with van der Waals surface area (Å²) in [5, 5.41) is 8.58. The van der Waals surface area contributed by atoms with E-state index in [0.29, 0.717) is 23.4 Å². The normalized spacial score (nSPS) is 20.1. The molecule has 0 radical (unpaired) electrons. The minimum absolute atomic E-state index is 0.276. The Bertz CT molecular complexity index is 1090. The van der Waals surface area contributed by atoms with Crippen molar-refractivity contribution in [2.24, 2.45) is 11.8 Å². The maximum atomic E-state index is 11.7. The summed E-state index contributed by atoms with van der Waals surface area (Å²) in [6.45, 7) is 0.845. The first-order valence-electron chi connectivity index (χ1n) is 9.75. The van der Waals surface area contributed by atoms with E-state index in [9.17, 15) is 8.42 Å². The van der Waals surface area contributed by atoms with Gasteiger partial charge in [-0.3, -0.25) is 0 Å². The first kappa shape index (κ1) is 20.1. The quantitative estimate of drug-likeness (QED) is 0.596. The number of anilines is 1. The third kappa shape index (κ3) is 4.53. The van der Waals surface area contributed by atoms with Crippen molar-refractivity contribution in [3.05, 3.63) is 36.7 Å². The van der Waals surface area contributed by atoms with Crippen LogP contribution in [-0.4, -0.2) is 46.8 Å². The van der Waals surface area contributed by atoms with E-state index in [1.54, 1.807) is 41.3 Å². The topological polar surface area (TPSA) is 89.8 Å². The van der Waals surface area contributed by atoms with Crippen molar-refractivity contribution in [2.45, 2.75) is 30.6 Å². The van der Waals surface area contributed by atoms with Crippen molar-refractivity contribution < 1.29 is 8.42 Å². The fraction of sp³-hybridized carbons (Fsp3) is 0.450. The molecule has 0 aliphatic heterocycles. The van der Waals surface area contributed by atoms with E-state index in [0.717, 1.165) is 23.5 Å². The monoisotopic (exact) mass is 433 g/mol. The highest BCUT2D eigenvalue weighted by atomic mass is 35.5. The second-order valence-corrected chi connectivity index (χ2v) is 10.0. The highest BCUT2D eigenvalue weighted by Crippen LogP contribution is 2.29. The number of alkyl halides is 1. The van der Waals surface area contributed by atoms with Gasteiger partial charge in [0.25, 0.3) is 0 Å². The summed E-state index contributed by atoms with van der Waals surface area (Å²) in [6, 6.07) is 6.62. The van der Waals surface area contributed by atoms with Crippen LogP contribution in [0.1, 0.15) is 25.7 Å². The smallest absolute Gasteiger partial charge is 0.224 e. The Morgan fingerprint density at radius 3 is 2.45 bits per heavy atom. The van der Waals surface area contributed by atoms with Gasteiger partial charge in [-0.1, -0.05) is 0 Å². The Balaban J connectivity index is 1.51. The number of rotatable bonds is 6. The van der Waals surface area contributed by atoms with E-state index in [-0.39, 0.29) is 4.90 Å². The van der Waals surface area contributed by atoms with Gasteiger partial charge in [-0.05, 0) is 61.8 Å². The van der Waals surface area contributed by atoms with Gasteiger partial charge in [-0.2, -0.15) is 10.1 Å². The lowest BCUT2D eigenvalue weighted by molar-refractivity contribution is 0.303. The number of benzene rings is 1. The van der Waals surface area contributed by atoms with E-state index in [1.165, 1.54) is 31.9 Å². The van der Waals surface area contributed by atoms with Crippen LogP contribution in [0.3, 0.4) is 0 Å². The molecule has 0 saturated heterocycles. The fourth-order valence-corrected chi connectivity index (χ4v) is 4.69. The SMILES string of the molecule is CS(=O)(=O)c1ccc(-n2ncc3cnc(NCC4CCC(CCl)CC4)nc32)cc1. The zero-order valence-electron chi connectivity index (χ0n) is 16.3. The molecule has 154 valence electrons. The molecule has 1 fully saturated rings. The van der Waals surface area contributed by atoms with Crippen LogP contribution in [0.25, 0.3) is 16.7 Å². The molecule has 1 aliphatic rings. The fourth-order valence-electron chi connectivity index (χ4n) is 3.75. The molecule has 0 atom stereocenters. The number of aromatic nitrogens is 4. The summed E-state index contributed by atoms with van der Waals surface area (Å²) in [5.41, 5.74) is 1.43. The number of sulfone groups is 1. The number of halogens is 1. The number of fused-ring (bicyclic) bond motifs is 1. The number of hydrogen-bond donors (Lipinski definition) is 1. The Hall–Kier alpha value is -2.19. The van der Waals surface area contributed by atoms with Gasteiger partial charge in [0.05, 0.1) is 22.2 Å². The lowest BCUT2D eigenvalue weighted by Crippen LogP contribution is -2.22. The molecule has 1 saturated carbocycles. The summed E-state index contributed by atoms with van der Waals surface area (Å²) in [5.74, 6) is 2.60. The first-order valence-corrected chi connectivity index (χ1v) is 12.2. The summed E-state index contributed by atoms with van der Waals surface area (Å²) in [7, 11) is -3.23. The predicted molar refractivity (Wildman–Crippen MR) is 114 cm³/mol. The predicted octanol–water partition coefficient (Wildman–Crippen LogP) is 3.68. The molecule has 3 aromatic rings. The minimum Gasteiger partial charge on any atom is -0.354 e. The van der Waals surface area contributed by atoms with E-state index in [4.69, 9.17) is 11.6 Å². The molecular weight excluding hydrogens is 410 g/mol. The van der Waals surface area contributed by atoms with Gasteiger partial charge in [0, 0.05) is 24.9 Å². The van der Waals surface area contributed by atoms with E-state index in [2.05, 4.69) is 20.4 Å². The van der Waals surface area contributed by atoms with Gasteiger partial charge < -0.3 is 5.32 Å². The third-order valence-corrected chi connectivity index (χ3v) is 7.12. The average molecular weight is 434 g/mol. The lowest BCUT2D eigenvalue weighted by atomic mass is 9.83. The van der Waals surface area contributed by atoms with Crippen molar-refractivity contribution in [2.75, 3.05) is 24.0 Å². The maximum Gasteiger partial charge on any atom is 0.224 e. The molecule has 7 nitrogen and oxygen atoms in total. The van der Waals surface area contributed by atoms with Crippen molar-refractivity contribution in [1.82, 2.24) is 19.7 Å². The molecule has 4 rings (SSSR count). The molecule has 0 amide bonds. The summed E-state index contributed by atoms with van der Waals surface area (Å²) in [4.78, 5) is 9.31. The summed E-state index contributed by atoms with van der Waals surface area (Å²) < 4.78 is 25.0. The largest absolute Gasteiger partial charge is 0.354 e. The highest BCUT2D eigenvalue weighted by Gasteiger charge is 2.20. The molecule has 1 aliphatic carbocycles. The van der Waals surface area contributed by atoms with Gasteiger partial charge in [-0.25, -0.2) is 18.1 Å². The molecule has 1 N–H and O–H groups in total. The van der Waals surface area contributed by atoms with Gasteiger partial charge >= 0.3 is 0 Å². The summed E-state index contributed by atoms with van der Waals surface area (Å²) in [6.07, 6.45) is 9.38. The van der Waals surface area contributed by atoms with Crippen LogP contribution in [0.5, 0.6) is 0 Å². The van der Waals surface area contributed by atoms with E-state index >= 15 is 0 Å². The van der Waals surface area contributed by atoms with Crippen LogP contribution < -0.4 is 5.32 Å². The lowest BCUT2D eigenvalue weighted by Gasteiger charge is -2.27. The van der Waals surface area contributed by atoms with Crippen molar-refractivity contribution in [1.29, 1.82) is 0 Å². The first-order chi connectivity index (χ1) is 13.9. The Morgan fingerprint density at radius 1 is 1.10 bits per heavy atom. The van der Waals surface area contributed by atoms with Crippen LogP contribution in [0.15, 0.2) is 41.6 Å². The van der Waals surface area contributed by atoms with Crippen LogP contribution >= 0.6 is 11.6 Å². The maximum absolute atomic E-state index is 11.7. The highest BCUT2D eigenvalue weighted by molar-refractivity contribution is 7.90. The number of hydrogen-bond acceptors (Lipinski definition) is 6. The second kappa shape index (κ2) is 8.28. The van der Waals surface area contributed by atoms with Crippen LogP contribution in [0, 0.1) is 11.8 Å². The molecule has 0 bridgehead atoms. The summed E-state index contributed by atoms with van der Waals surface area (Å²) >= 11 is 5.97. The third-order valence-electron chi connectivity index (χ3n) is 5.55. The second-order valence-electron chi connectivity index (χ2n) is 7.72. The minimum atomic E-state index is -3.23. The van der Waals surface area contributed by atoms with Gasteiger partial charge in [-0.15, -0.1) is 11.6 Å². The molecule has 1 aromatic carbocycles. The van der Waals surface area contributed by atoms with Crippen molar-refractivity contribution >= 4 is 38.4 Å². The Labute approximate surface area is 175 Å². The standard InChI is InChI=1S/C20H24ClN5O2S/c1-29(27,28)18-8-6-17(7-9-18)26-19-16(13-24-26)12-23-20(25-19)22-11-15-4-2-14(10-21)3-5-15/h6-9,12-15H,2-5,10-11H2,1H3,(H,22,23,25). The van der Waals surface area contributed by atoms with Crippen molar-refractivity contribution in [3.8, 4) is 5.69 Å². The van der Waals surface area contributed by atoms with Crippen LogP contribution in [-0.2, 0) is 9.84 Å². The molecule has 0 spiro atoms. The van der Waals surface area contributed by atoms with E-state index in [1.807, 2.05) is 0 Å². The Morgan fingerprint density at radius 2 is 1.79 bits per heavy atom. The molecule has 0 unspecified atom stereocenters. The molecule has 29 heavy (non-hydrogen) atoms. The molecular formula is C20H24ClN5O2S. The number of nitrogens with one attached hydrogen (secondary N) is 1. The van der Waals surface area contributed by atoms with Crippen molar-refractivity contribution in [3.63, 3.8) is 0 Å². The van der Waals surface area contributed by atoms with E-state index < -0.39 is 9.84 Å². The van der Waals surface area contributed by atoms with Gasteiger partial charge in [0.1, 0.15) is 0 Å². The van der Waals surface area contributed by atoms with Crippen LogP contribution in [0.2, 0.25) is 0 Å². The number of nitrogens with zero attached hydrogens (tertiary/aromatic N) is 4. The van der Waals surface area contributed by atoms with Gasteiger partial charge in [0.2, 0.25) is 5.95 Å².